The number of aromatic nitrogens is 2. The maximum Gasteiger partial charge on any atom is 0.220 e. The van der Waals surface area contributed by atoms with Crippen LogP contribution in [-0.2, 0) is 24.7 Å². The first-order valence-corrected chi connectivity index (χ1v) is 8.09. The van der Waals surface area contributed by atoms with Gasteiger partial charge in [-0.05, 0) is 47.9 Å². The van der Waals surface area contributed by atoms with Crippen molar-refractivity contribution >= 4 is 5.91 Å². The molecule has 2 aromatic rings. The van der Waals surface area contributed by atoms with Crippen molar-refractivity contribution in [3.8, 4) is 0 Å². The molecule has 122 valence electrons. The quantitative estimate of drug-likeness (QED) is 0.943. The minimum Gasteiger partial charge on any atom is -0.349 e. The Bertz CT molecular complexity index is 710. The van der Waals surface area contributed by atoms with Gasteiger partial charge >= 0.3 is 0 Å². The van der Waals surface area contributed by atoms with Crippen molar-refractivity contribution in [3.63, 3.8) is 0 Å². The molecule has 2 atom stereocenters. The largest absolute Gasteiger partial charge is 0.349 e. The number of halogens is 1. The Morgan fingerprint density at radius 1 is 1.48 bits per heavy atom. The lowest BCUT2D eigenvalue weighted by Gasteiger charge is -2.32. The summed E-state index contributed by atoms with van der Waals surface area (Å²) >= 11 is 0. The predicted molar refractivity (Wildman–Crippen MR) is 86.3 cm³/mol. The molecule has 4 nitrogen and oxygen atoms in total. The second-order valence-corrected chi connectivity index (χ2v) is 6.39. The van der Waals surface area contributed by atoms with Crippen LogP contribution in [0.15, 0.2) is 30.6 Å². The van der Waals surface area contributed by atoms with E-state index in [9.17, 15) is 9.18 Å². The normalized spacial score (nSPS) is 20.1. The summed E-state index contributed by atoms with van der Waals surface area (Å²) in [4.78, 5) is 12.3. The molecule has 0 saturated heterocycles. The Balaban J connectivity index is 1.67. The highest BCUT2D eigenvalue weighted by Gasteiger charge is 2.29. The van der Waals surface area contributed by atoms with Crippen LogP contribution in [0.5, 0.6) is 0 Å². The van der Waals surface area contributed by atoms with Crippen LogP contribution in [0.4, 0.5) is 4.39 Å². The molecule has 0 radical (unpaired) electrons. The fourth-order valence-corrected chi connectivity index (χ4v) is 3.30. The average Bonchev–Trinajstić information content (AvgIpc) is 2.94. The van der Waals surface area contributed by atoms with Crippen LogP contribution in [0.25, 0.3) is 0 Å². The molecule has 5 heteroatoms. The van der Waals surface area contributed by atoms with Gasteiger partial charge in [0.2, 0.25) is 5.91 Å². The Hall–Kier alpha value is -2.17. The topological polar surface area (TPSA) is 46.9 Å². The molecule has 0 spiro atoms. The van der Waals surface area contributed by atoms with Crippen LogP contribution >= 0.6 is 0 Å². The zero-order chi connectivity index (χ0) is 16.4. The van der Waals surface area contributed by atoms with Gasteiger partial charge in [0.1, 0.15) is 5.82 Å². The van der Waals surface area contributed by atoms with Gasteiger partial charge in [-0.15, -0.1) is 0 Å². The first kappa shape index (κ1) is 15.7. The van der Waals surface area contributed by atoms with E-state index in [-0.39, 0.29) is 17.8 Å². The summed E-state index contributed by atoms with van der Waals surface area (Å²) < 4.78 is 15.7. The highest BCUT2D eigenvalue weighted by Crippen LogP contribution is 2.35. The number of amides is 1. The van der Waals surface area contributed by atoms with Crippen molar-refractivity contribution in [1.82, 2.24) is 15.1 Å². The van der Waals surface area contributed by atoms with Crippen molar-refractivity contribution in [3.05, 3.63) is 53.1 Å². The number of aryl methyl sites for hydroxylation is 2. The van der Waals surface area contributed by atoms with E-state index in [1.807, 2.05) is 19.3 Å². The van der Waals surface area contributed by atoms with Crippen molar-refractivity contribution in [1.29, 1.82) is 0 Å². The standard InChI is InChI=1S/C18H22FN3O/c1-12-6-8-14-15(4-3-5-16(14)19)18(12)21-17(23)9-7-13-10-20-22(2)11-13/h3-5,10-12,18H,6-9H2,1-2H3,(H,21,23)/t12-,18-/m0/s1. The van der Waals surface area contributed by atoms with E-state index in [0.29, 0.717) is 18.8 Å². The van der Waals surface area contributed by atoms with Gasteiger partial charge in [0.05, 0.1) is 12.2 Å². The van der Waals surface area contributed by atoms with E-state index in [4.69, 9.17) is 0 Å². The summed E-state index contributed by atoms with van der Waals surface area (Å²) in [7, 11) is 1.86. The molecule has 1 aliphatic carbocycles. The molecule has 0 aliphatic heterocycles. The molecule has 1 aromatic heterocycles. The average molecular weight is 315 g/mol. The molecule has 0 saturated carbocycles. The highest BCUT2D eigenvalue weighted by molar-refractivity contribution is 5.76. The van der Waals surface area contributed by atoms with Gasteiger partial charge in [0, 0.05) is 19.7 Å². The number of fused-ring (bicyclic) bond motifs is 1. The number of nitrogens with one attached hydrogen (secondary N) is 1. The number of nitrogens with zero attached hydrogens (tertiary/aromatic N) is 2. The van der Waals surface area contributed by atoms with Gasteiger partial charge in [-0.25, -0.2) is 4.39 Å². The van der Waals surface area contributed by atoms with Crippen LogP contribution < -0.4 is 5.32 Å². The Morgan fingerprint density at radius 3 is 3.04 bits per heavy atom. The van der Waals surface area contributed by atoms with Crippen LogP contribution in [0.1, 0.15) is 42.5 Å². The summed E-state index contributed by atoms with van der Waals surface area (Å²) in [6, 6.07) is 5.05. The molecule has 0 unspecified atom stereocenters. The molecule has 1 heterocycles. The third-order valence-electron chi connectivity index (χ3n) is 4.62. The third kappa shape index (κ3) is 3.44. The van der Waals surface area contributed by atoms with Gasteiger partial charge in [0.25, 0.3) is 0 Å². The number of carbonyl (C=O) groups excluding carboxylic acids is 1. The van der Waals surface area contributed by atoms with Crippen molar-refractivity contribution < 1.29 is 9.18 Å². The molecule has 1 aromatic carbocycles. The summed E-state index contributed by atoms with van der Waals surface area (Å²) in [6.45, 7) is 2.11. The summed E-state index contributed by atoms with van der Waals surface area (Å²) in [5.74, 6) is 0.151. The van der Waals surface area contributed by atoms with E-state index >= 15 is 0 Å². The second-order valence-electron chi connectivity index (χ2n) is 6.39. The number of hydrogen-bond acceptors (Lipinski definition) is 2. The maximum absolute atomic E-state index is 14.0. The molecule has 23 heavy (non-hydrogen) atoms. The Morgan fingerprint density at radius 2 is 2.30 bits per heavy atom. The molecular formula is C18H22FN3O. The lowest BCUT2D eigenvalue weighted by Crippen LogP contribution is -2.35. The molecular weight excluding hydrogens is 293 g/mol. The second kappa shape index (κ2) is 6.52. The smallest absolute Gasteiger partial charge is 0.220 e. The van der Waals surface area contributed by atoms with Crippen LogP contribution in [0.2, 0.25) is 0 Å². The minimum absolute atomic E-state index is 0.00261. The fraction of sp³-hybridized carbons (Fsp3) is 0.444. The first-order chi connectivity index (χ1) is 11.0. The Kier molecular flexibility index (Phi) is 4.46. The predicted octanol–water partition coefficient (Wildman–Crippen LogP) is 2.93. The molecule has 0 fully saturated rings. The van der Waals surface area contributed by atoms with E-state index < -0.39 is 0 Å². The number of rotatable bonds is 4. The van der Waals surface area contributed by atoms with Gasteiger partial charge in [-0.2, -0.15) is 5.10 Å². The zero-order valence-electron chi connectivity index (χ0n) is 13.6. The number of benzene rings is 1. The van der Waals surface area contributed by atoms with Crippen LogP contribution in [0.3, 0.4) is 0 Å². The lowest BCUT2D eigenvalue weighted by atomic mass is 9.80. The molecule has 1 amide bonds. The summed E-state index contributed by atoms with van der Waals surface area (Å²) in [6.07, 6.45) is 6.41. The van der Waals surface area contributed by atoms with Crippen molar-refractivity contribution in [2.24, 2.45) is 13.0 Å². The summed E-state index contributed by atoms with van der Waals surface area (Å²) in [5.41, 5.74) is 2.73. The van der Waals surface area contributed by atoms with E-state index in [1.54, 1.807) is 16.9 Å². The van der Waals surface area contributed by atoms with Gasteiger partial charge < -0.3 is 5.32 Å². The zero-order valence-corrected chi connectivity index (χ0v) is 13.6. The highest BCUT2D eigenvalue weighted by atomic mass is 19.1. The van der Waals surface area contributed by atoms with E-state index in [0.717, 1.165) is 29.5 Å². The number of hydrogen-bond donors (Lipinski definition) is 1. The van der Waals surface area contributed by atoms with Gasteiger partial charge in [0.15, 0.2) is 0 Å². The molecule has 1 N–H and O–H groups in total. The lowest BCUT2D eigenvalue weighted by molar-refractivity contribution is -0.122. The summed E-state index contributed by atoms with van der Waals surface area (Å²) in [5, 5.41) is 7.20. The maximum atomic E-state index is 14.0. The van der Waals surface area contributed by atoms with Gasteiger partial charge in [-0.3, -0.25) is 9.48 Å². The van der Waals surface area contributed by atoms with Crippen LogP contribution in [-0.4, -0.2) is 15.7 Å². The molecule has 1 aliphatic rings. The fourth-order valence-electron chi connectivity index (χ4n) is 3.30. The SMILES string of the molecule is C[C@H]1CCc2c(F)cccc2[C@H]1NC(=O)CCc1cnn(C)c1. The third-order valence-corrected chi connectivity index (χ3v) is 4.62. The molecule has 0 bridgehead atoms. The monoisotopic (exact) mass is 315 g/mol. The van der Waals surface area contributed by atoms with Gasteiger partial charge in [-0.1, -0.05) is 19.1 Å². The van der Waals surface area contributed by atoms with Crippen molar-refractivity contribution in [2.75, 3.05) is 0 Å². The molecule has 3 rings (SSSR count). The minimum atomic E-state index is -0.163. The first-order valence-electron chi connectivity index (χ1n) is 8.09. The van der Waals surface area contributed by atoms with E-state index in [1.165, 1.54) is 6.07 Å². The number of carbonyl (C=O) groups is 1. The Labute approximate surface area is 135 Å². The van der Waals surface area contributed by atoms with Crippen molar-refractivity contribution in [2.45, 2.75) is 38.6 Å². The van der Waals surface area contributed by atoms with E-state index in [2.05, 4.69) is 17.3 Å². The van der Waals surface area contributed by atoms with Crippen LogP contribution in [0, 0.1) is 11.7 Å².